The van der Waals surface area contributed by atoms with Crippen LogP contribution in [0.5, 0.6) is 0 Å². The molecule has 1 atom stereocenters. The Hall–Kier alpha value is -3.02. The maximum absolute atomic E-state index is 13.1. The van der Waals surface area contributed by atoms with Crippen LogP contribution in [0.25, 0.3) is 0 Å². The molecule has 1 unspecified atom stereocenters. The first-order chi connectivity index (χ1) is 11.5. The summed E-state index contributed by atoms with van der Waals surface area (Å²) in [6, 6.07) is 12.4. The number of imide groups is 1. The molecule has 2 aromatic rings. The third-order valence-electron chi connectivity index (χ3n) is 3.85. The summed E-state index contributed by atoms with van der Waals surface area (Å²) in [7, 11) is 0. The van der Waals surface area contributed by atoms with E-state index in [4.69, 9.17) is 0 Å². The minimum Gasteiger partial charge on any atom is -0.322 e. The van der Waals surface area contributed by atoms with Crippen LogP contribution in [0.3, 0.4) is 0 Å². The van der Waals surface area contributed by atoms with Crippen molar-refractivity contribution >= 4 is 23.4 Å². The summed E-state index contributed by atoms with van der Waals surface area (Å²) < 4.78 is 13.1. The smallest absolute Gasteiger partial charge is 0.255 e. The van der Waals surface area contributed by atoms with Crippen LogP contribution in [0.1, 0.15) is 22.3 Å². The molecule has 0 radical (unpaired) electrons. The molecule has 1 aliphatic heterocycles. The Labute approximate surface area is 137 Å². The Morgan fingerprint density at radius 1 is 1.17 bits per heavy atom. The van der Waals surface area contributed by atoms with Crippen molar-refractivity contribution in [2.45, 2.75) is 12.8 Å². The van der Waals surface area contributed by atoms with Crippen LogP contribution in [0.4, 0.5) is 10.1 Å². The number of anilines is 1. The zero-order valence-corrected chi connectivity index (χ0v) is 12.7. The lowest BCUT2D eigenvalue weighted by Gasteiger charge is -2.08. The summed E-state index contributed by atoms with van der Waals surface area (Å²) >= 11 is 0. The Kier molecular flexibility index (Phi) is 4.37. The summed E-state index contributed by atoms with van der Waals surface area (Å²) in [6.45, 7) is 0. The number of amides is 3. The van der Waals surface area contributed by atoms with Gasteiger partial charge in [0.15, 0.2) is 0 Å². The molecule has 1 fully saturated rings. The van der Waals surface area contributed by atoms with E-state index < -0.39 is 11.7 Å². The molecule has 0 aliphatic carbocycles. The van der Waals surface area contributed by atoms with Gasteiger partial charge in [0.2, 0.25) is 11.8 Å². The molecule has 3 rings (SSSR count). The predicted molar refractivity (Wildman–Crippen MR) is 85.8 cm³/mol. The fraction of sp³-hybridized carbons (Fsp3) is 0.167. The number of benzene rings is 2. The highest BCUT2D eigenvalue weighted by atomic mass is 19.1. The molecule has 24 heavy (non-hydrogen) atoms. The van der Waals surface area contributed by atoms with Crippen LogP contribution < -0.4 is 10.6 Å². The van der Waals surface area contributed by atoms with Crippen molar-refractivity contribution in [1.82, 2.24) is 5.32 Å². The van der Waals surface area contributed by atoms with Gasteiger partial charge in [0.05, 0.1) is 5.92 Å². The van der Waals surface area contributed by atoms with Gasteiger partial charge in [-0.3, -0.25) is 19.7 Å². The van der Waals surface area contributed by atoms with Crippen molar-refractivity contribution in [3.05, 3.63) is 65.5 Å². The van der Waals surface area contributed by atoms with Gasteiger partial charge >= 0.3 is 0 Å². The average Bonchev–Trinajstić information content (AvgIpc) is 2.87. The van der Waals surface area contributed by atoms with Crippen LogP contribution in [0.2, 0.25) is 0 Å². The molecule has 122 valence electrons. The molecule has 0 saturated carbocycles. The summed E-state index contributed by atoms with van der Waals surface area (Å²) in [6.07, 6.45) is 0.673. The molecule has 3 amide bonds. The van der Waals surface area contributed by atoms with E-state index in [-0.39, 0.29) is 29.7 Å². The van der Waals surface area contributed by atoms with Crippen molar-refractivity contribution in [3.63, 3.8) is 0 Å². The molecule has 1 saturated heterocycles. The van der Waals surface area contributed by atoms with E-state index in [1.165, 1.54) is 24.3 Å². The first-order valence-corrected chi connectivity index (χ1v) is 7.51. The van der Waals surface area contributed by atoms with E-state index in [9.17, 15) is 18.8 Å². The molecule has 2 aromatic carbocycles. The lowest BCUT2D eigenvalue weighted by molar-refractivity contribution is -0.125. The van der Waals surface area contributed by atoms with Gasteiger partial charge in [-0.05, 0) is 42.3 Å². The van der Waals surface area contributed by atoms with Gasteiger partial charge in [-0.1, -0.05) is 18.2 Å². The topological polar surface area (TPSA) is 75.3 Å². The fourth-order valence-electron chi connectivity index (χ4n) is 2.61. The van der Waals surface area contributed by atoms with Crippen LogP contribution in [0.15, 0.2) is 48.5 Å². The van der Waals surface area contributed by atoms with Crippen LogP contribution in [0, 0.1) is 11.7 Å². The van der Waals surface area contributed by atoms with E-state index in [0.29, 0.717) is 12.1 Å². The third-order valence-corrected chi connectivity index (χ3v) is 3.85. The second-order valence-corrected chi connectivity index (χ2v) is 5.68. The fourth-order valence-corrected chi connectivity index (χ4v) is 2.61. The first-order valence-electron chi connectivity index (χ1n) is 7.51. The predicted octanol–water partition coefficient (Wildman–Crippen LogP) is 2.28. The summed E-state index contributed by atoms with van der Waals surface area (Å²) in [5.41, 5.74) is 1.70. The van der Waals surface area contributed by atoms with Crippen molar-refractivity contribution in [2.75, 3.05) is 5.32 Å². The molecular weight excluding hydrogens is 311 g/mol. The van der Waals surface area contributed by atoms with Gasteiger partial charge in [0, 0.05) is 17.7 Å². The average molecular weight is 326 g/mol. The van der Waals surface area contributed by atoms with Crippen molar-refractivity contribution < 1.29 is 18.8 Å². The molecule has 2 N–H and O–H groups in total. The molecular formula is C18H15FN2O3. The molecule has 0 spiro atoms. The highest BCUT2D eigenvalue weighted by Gasteiger charge is 2.30. The Morgan fingerprint density at radius 3 is 2.54 bits per heavy atom. The number of rotatable bonds is 4. The van der Waals surface area contributed by atoms with Gasteiger partial charge in [-0.2, -0.15) is 0 Å². The standard InChI is InChI=1S/C18H15FN2O3/c19-14-3-1-2-12(9-14)17(23)20-15-6-4-11(5-7-15)8-13-10-16(22)21-18(13)24/h1-7,9,13H,8,10H2,(H,20,23)(H,21,22,24). The van der Waals surface area contributed by atoms with E-state index in [0.717, 1.165) is 5.56 Å². The van der Waals surface area contributed by atoms with Crippen molar-refractivity contribution in [3.8, 4) is 0 Å². The van der Waals surface area contributed by atoms with Crippen LogP contribution >= 0.6 is 0 Å². The van der Waals surface area contributed by atoms with Crippen molar-refractivity contribution in [2.24, 2.45) is 5.92 Å². The SMILES string of the molecule is O=C1CC(Cc2ccc(NC(=O)c3cccc(F)c3)cc2)C(=O)N1. The van der Waals surface area contributed by atoms with Crippen LogP contribution in [-0.2, 0) is 16.0 Å². The number of carbonyl (C=O) groups excluding carboxylic acids is 3. The largest absolute Gasteiger partial charge is 0.322 e. The lowest BCUT2D eigenvalue weighted by atomic mass is 9.98. The molecule has 0 aromatic heterocycles. The number of carbonyl (C=O) groups is 3. The molecule has 1 aliphatic rings. The summed E-state index contributed by atoms with van der Waals surface area (Å²) in [5, 5.41) is 4.96. The minimum absolute atomic E-state index is 0.205. The Morgan fingerprint density at radius 2 is 1.92 bits per heavy atom. The zero-order chi connectivity index (χ0) is 17.1. The highest BCUT2D eigenvalue weighted by Crippen LogP contribution is 2.19. The maximum atomic E-state index is 13.1. The number of halogens is 1. The number of hydrogen-bond donors (Lipinski definition) is 2. The van der Waals surface area contributed by atoms with E-state index in [2.05, 4.69) is 10.6 Å². The zero-order valence-electron chi connectivity index (χ0n) is 12.7. The quantitative estimate of drug-likeness (QED) is 0.847. The van der Waals surface area contributed by atoms with Gasteiger partial charge in [-0.15, -0.1) is 0 Å². The first kappa shape index (κ1) is 15.9. The molecule has 6 heteroatoms. The summed E-state index contributed by atoms with van der Waals surface area (Å²) in [5.74, 6) is -1.71. The van der Waals surface area contributed by atoms with E-state index >= 15 is 0 Å². The van der Waals surface area contributed by atoms with Gasteiger partial charge < -0.3 is 5.32 Å². The minimum atomic E-state index is -0.470. The van der Waals surface area contributed by atoms with Crippen LogP contribution in [-0.4, -0.2) is 17.7 Å². The molecule has 1 heterocycles. The highest BCUT2D eigenvalue weighted by molar-refractivity contribution is 6.04. The number of hydrogen-bond acceptors (Lipinski definition) is 3. The Bertz CT molecular complexity index is 802. The summed E-state index contributed by atoms with van der Waals surface area (Å²) in [4.78, 5) is 34.8. The third kappa shape index (κ3) is 3.65. The number of nitrogens with one attached hydrogen (secondary N) is 2. The van der Waals surface area contributed by atoms with E-state index in [1.807, 2.05) is 0 Å². The Balaban J connectivity index is 1.63. The molecule has 5 nitrogen and oxygen atoms in total. The second-order valence-electron chi connectivity index (χ2n) is 5.68. The lowest BCUT2D eigenvalue weighted by Crippen LogP contribution is -2.22. The van der Waals surface area contributed by atoms with Gasteiger partial charge in [0.25, 0.3) is 5.91 Å². The second kappa shape index (κ2) is 6.62. The van der Waals surface area contributed by atoms with E-state index in [1.54, 1.807) is 24.3 Å². The maximum Gasteiger partial charge on any atom is 0.255 e. The van der Waals surface area contributed by atoms with Gasteiger partial charge in [0.1, 0.15) is 5.82 Å². The van der Waals surface area contributed by atoms with Crippen molar-refractivity contribution in [1.29, 1.82) is 0 Å². The normalized spacial score (nSPS) is 16.8. The monoisotopic (exact) mass is 326 g/mol. The molecule has 0 bridgehead atoms. The van der Waals surface area contributed by atoms with Gasteiger partial charge in [-0.25, -0.2) is 4.39 Å².